The summed E-state index contributed by atoms with van der Waals surface area (Å²) < 4.78 is 0. The highest BCUT2D eigenvalue weighted by Crippen LogP contribution is 2.29. The van der Waals surface area contributed by atoms with Gasteiger partial charge < -0.3 is 5.11 Å². The molecule has 1 nitrogen and oxygen atoms in total. The van der Waals surface area contributed by atoms with Crippen LogP contribution in [0.15, 0.2) is 10.8 Å². The van der Waals surface area contributed by atoms with E-state index in [1.807, 2.05) is 5.38 Å². The predicted octanol–water partition coefficient (Wildman–Crippen LogP) is 3.04. The van der Waals surface area contributed by atoms with Crippen LogP contribution in [0.1, 0.15) is 26.3 Å². The molecule has 62 valence electrons. The van der Waals surface area contributed by atoms with Crippen molar-refractivity contribution in [1.29, 1.82) is 0 Å². The fraction of sp³-hybridized carbons (Fsp3) is 0.556. The normalized spacial score (nSPS) is 11.9. The summed E-state index contributed by atoms with van der Waals surface area (Å²) in [6.45, 7) is 6.51. The summed E-state index contributed by atoms with van der Waals surface area (Å²) in [6, 6.07) is 0. The standard InChI is InChI=1S/C9H14OS/c1-9(2,3)4-7-5-11-6-8(7)10/h5-6,10H,4H2,1-3H3. The highest BCUT2D eigenvalue weighted by Gasteiger charge is 2.13. The molecule has 1 N–H and O–H groups in total. The van der Waals surface area contributed by atoms with E-state index < -0.39 is 0 Å². The van der Waals surface area contributed by atoms with Crippen molar-refractivity contribution in [3.8, 4) is 5.75 Å². The highest BCUT2D eigenvalue weighted by atomic mass is 32.1. The zero-order valence-corrected chi connectivity index (χ0v) is 8.03. The van der Waals surface area contributed by atoms with E-state index in [-0.39, 0.29) is 5.41 Å². The predicted molar refractivity (Wildman–Crippen MR) is 49.1 cm³/mol. The maximum absolute atomic E-state index is 9.32. The van der Waals surface area contributed by atoms with Gasteiger partial charge in [-0.1, -0.05) is 20.8 Å². The van der Waals surface area contributed by atoms with Crippen LogP contribution in [0.3, 0.4) is 0 Å². The van der Waals surface area contributed by atoms with Crippen LogP contribution in [0.25, 0.3) is 0 Å². The third-order valence-electron chi connectivity index (χ3n) is 1.44. The molecule has 0 saturated carbocycles. The van der Waals surface area contributed by atoms with Gasteiger partial charge in [-0.15, -0.1) is 11.3 Å². The summed E-state index contributed by atoms with van der Waals surface area (Å²) in [7, 11) is 0. The maximum Gasteiger partial charge on any atom is 0.129 e. The zero-order valence-electron chi connectivity index (χ0n) is 7.22. The molecular formula is C9H14OS. The average Bonchev–Trinajstić information content (AvgIpc) is 2.12. The molecule has 2 heteroatoms. The molecule has 1 heterocycles. The SMILES string of the molecule is CC(C)(C)Cc1cscc1O. The Hall–Kier alpha value is -0.500. The smallest absolute Gasteiger partial charge is 0.129 e. The number of rotatable bonds is 1. The monoisotopic (exact) mass is 170 g/mol. The molecular weight excluding hydrogens is 156 g/mol. The van der Waals surface area contributed by atoms with Crippen molar-refractivity contribution in [2.75, 3.05) is 0 Å². The van der Waals surface area contributed by atoms with Crippen LogP contribution in [0.2, 0.25) is 0 Å². The lowest BCUT2D eigenvalue weighted by Gasteiger charge is -2.16. The number of aromatic hydroxyl groups is 1. The van der Waals surface area contributed by atoms with Crippen molar-refractivity contribution in [1.82, 2.24) is 0 Å². The van der Waals surface area contributed by atoms with Crippen LogP contribution in [0.4, 0.5) is 0 Å². The van der Waals surface area contributed by atoms with E-state index in [0.29, 0.717) is 5.75 Å². The van der Waals surface area contributed by atoms with Gasteiger partial charge >= 0.3 is 0 Å². The zero-order chi connectivity index (χ0) is 8.48. The first-order valence-corrected chi connectivity index (χ1v) is 4.67. The van der Waals surface area contributed by atoms with Crippen molar-refractivity contribution in [3.63, 3.8) is 0 Å². The van der Waals surface area contributed by atoms with Crippen molar-refractivity contribution in [3.05, 3.63) is 16.3 Å². The van der Waals surface area contributed by atoms with Crippen molar-refractivity contribution in [2.24, 2.45) is 5.41 Å². The Morgan fingerprint density at radius 3 is 2.36 bits per heavy atom. The second-order valence-corrected chi connectivity index (χ2v) is 4.76. The van der Waals surface area contributed by atoms with E-state index in [1.165, 1.54) is 0 Å². The number of hydrogen-bond donors (Lipinski definition) is 1. The largest absolute Gasteiger partial charge is 0.507 e. The molecule has 1 aromatic rings. The van der Waals surface area contributed by atoms with Gasteiger partial charge in [0.2, 0.25) is 0 Å². The molecule has 0 spiro atoms. The van der Waals surface area contributed by atoms with Gasteiger partial charge in [0.15, 0.2) is 0 Å². The van der Waals surface area contributed by atoms with E-state index in [0.717, 1.165) is 12.0 Å². The Labute approximate surface area is 71.7 Å². The van der Waals surface area contributed by atoms with Gasteiger partial charge in [-0.3, -0.25) is 0 Å². The Kier molecular flexibility index (Phi) is 2.23. The van der Waals surface area contributed by atoms with E-state index in [2.05, 4.69) is 20.8 Å². The van der Waals surface area contributed by atoms with Crippen molar-refractivity contribution >= 4 is 11.3 Å². The summed E-state index contributed by atoms with van der Waals surface area (Å²) in [6.07, 6.45) is 0.947. The second kappa shape index (κ2) is 2.86. The summed E-state index contributed by atoms with van der Waals surface area (Å²) in [5.74, 6) is 0.449. The van der Waals surface area contributed by atoms with Crippen LogP contribution in [0, 0.1) is 5.41 Å². The molecule has 0 atom stereocenters. The molecule has 0 aliphatic rings. The van der Waals surface area contributed by atoms with E-state index in [1.54, 1.807) is 16.7 Å². The van der Waals surface area contributed by atoms with Gasteiger partial charge in [0.05, 0.1) is 0 Å². The van der Waals surface area contributed by atoms with Gasteiger partial charge in [0.25, 0.3) is 0 Å². The molecule has 0 aromatic carbocycles. The van der Waals surface area contributed by atoms with Gasteiger partial charge in [-0.2, -0.15) is 0 Å². The topological polar surface area (TPSA) is 20.2 Å². The van der Waals surface area contributed by atoms with Gasteiger partial charge in [0, 0.05) is 10.9 Å². The second-order valence-electron chi connectivity index (χ2n) is 4.02. The van der Waals surface area contributed by atoms with Crippen LogP contribution < -0.4 is 0 Å². The third-order valence-corrected chi connectivity index (χ3v) is 2.22. The van der Waals surface area contributed by atoms with Gasteiger partial charge in [-0.25, -0.2) is 0 Å². The first-order valence-electron chi connectivity index (χ1n) is 3.73. The quantitative estimate of drug-likeness (QED) is 0.686. The molecule has 0 bridgehead atoms. The lowest BCUT2D eigenvalue weighted by molar-refractivity contribution is 0.396. The van der Waals surface area contributed by atoms with Crippen molar-refractivity contribution < 1.29 is 5.11 Å². The minimum Gasteiger partial charge on any atom is -0.507 e. The Morgan fingerprint density at radius 2 is 2.00 bits per heavy atom. The van der Waals surface area contributed by atoms with Crippen LogP contribution >= 0.6 is 11.3 Å². The highest BCUT2D eigenvalue weighted by molar-refractivity contribution is 7.08. The third kappa shape index (κ3) is 2.54. The minimum atomic E-state index is 0.262. The average molecular weight is 170 g/mol. The van der Waals surface area contributed by atoms with Gasteiger partial charge in [-0.05, 0) is 17.2 Å². The molecule has 0 radical (unpaired) electrons. The molecule has 0 aliphatic carbocycles. The summed E-state index contributed by atoms with van der Waals surface area (Å²) in [4.78, 5) is 0. The van der Waals surface area contributed by atoms with E-state index >= 15 is 0 Å². The first kappa shape index (κ1) is 8.60. The molecule has 0 aliphatic heterocycles. The summed E-state index contributed by atoms with van der Waals surface area (Å²) in [5, 5.41) is 13.1. The minimum absolute atomic E-state index is 0.262. The molecule has 1 aromatic heterocycles. The summed E-state index contributed by atoms with van der Waals surface area (Å²) >= 11 is 1.56. The van der Waals surface area contributed by atoms with E-state index in [4.69, 9.17) is 0 Å². The fourth-order valence-corrected chi connectivity index (χ4v) is 1.74. The van der Waals surface area contributed by atoms with Gasteiger partial charge in [0.1, 0.15) is 5.75 Å². The maximum atomic E-state index is 9.32. The molecule has 11 heavy (non-hydrogen) atoms. The molecule has 0 unspecified atom stereocenters. The lowest BCUT2D eigenvalue weighted by Crippen LogP contribution is -2.08. The summed E-state index contributed by atoms with van der Waals surface area (Å²) in [5.41, 5.74) is 1.33. The number of thiophene rings is 1. The Balaban J connectivity index is 2.72. The van der Waals surface area contributed by atoms with Crippen LogP contribution in [-0.4, -0.2) is 5.11 Å². The van der Waals surface area contributed by atoms with Crippen LogP contribution in [0.5, 0.6) is 5.75 Å². The number of hydrogen-bond acceptors (Lipinski definition) is 2. The lowest BCUT2D eigenvalue weighted by atomic mass is 9.89. The molecule has 0 saturated heterocycles. The molecule has 0 amide bonds. The molecule has 0 fully saturated rings. The first-order chi connectivity index (χ1) is 4.99. The van der Waals surface area contributed by atoms with Crippen LogP contribution in [-0.2, 0) is 6.42 Å². The molecule has 1 rings (SSSR count). The fourth-order valence-electron chi connectivity index (χ4n) is 1.02. The van der Waals surface area contributed by atoms with Crippen molar-refractivity contribution in [2.45, 2.75) is 27.2 Å². The Bertz CT molecular complexity index is 232. The Morgan fingerprint density at radius 1 is 1.36 bits per heavy atom. The van der Waals surface area contributed by atoms with E-state index in [9.17, 15) is 5.11 Å².